The second-order valence-electron chi connectivity index (χ2n) is 3.59. The molecule has 0 amide bonds. The van der Waals surface area contributed by atoms with Crippen LogP contribution >= 0.6 is 0 Å². The Kier molecular flexibility index (Phi) is 1.32. The Bertz CT molecular complexity index is 915. The minimum atomic E-state index is -0.304. The maximum atomic E-state index is 11.7. The number of benzene rings is 1. The lowest BCUT2D eigenvalue weighted by Crippen LogP contribution is -2.11. The minimum absolute atomic E-state index is 0.304. The van der Waals surface area contributed by atoms with Crippen LogP contribution in [-0.4, -0.2) is 34.6 Å². The van der Waals surface area contributed by atoms with Crippen LogP contribution in [0.3, 0.4) is 0 Å². The van der Waals surface area contributed by atoms with Crippen molar-refractivity contribution in [3.05, 3.63) is 34.7 Å². The van der Waals surface area contributed by atoms with Crippen molar-refractivity contribution in [3.8, 4) is 0 Å². The van der Waals surface area contributed by atoms with Crippen LogP contribution in [0.5, 0.6) is 0 Å². The molecule has 0 unspecified atom stereocenters. The molecule has 82 valence electrons. The molecule has 1 N–H and O–H groups in total. The van der Waals surface area contributed by atoms with E-state index in [4.69, 9.17) is 0 Å². The van der Waals surface area contributed by atoms with Gasteiger partial charge >= 0.3 is 5.69 Å². The largest absolute Gasteiger partial charge is 0.348 e. The number of tetrazole rings is 1. The molecular weight excluding hydrogens is 222 g/mol. The van der Waals surface area contributed by atoms with E-state index in [1.165, 1.54) is 4.40 Å². The molecule has 0 radical (unpaired) electrons. The molecule has 17 heavy (non-hydrogen) atoms. The first-order chi connectivity index (χ1) is 8.36. The molecule has 3 aromatic heterocycles. The van der Waals surface area contributed by atoms with Crippen LogP contribution in [0.25, 0.3) is 22.3 Å². The summed E-state index contributed by atoms with van der Waals surface area (Å²) in [5.74, 6) is 0. The fourth-order valence-corrected chi connectivity index (χ4v) is 1.99. The van der Waals surface area contributed by atoms with Crippen LogP contribution in [0.2, 0.25) is 0 Å². The summed E-state index contributed by atoms with van der Waals surface area (Å²) in [6.45, 7) is 0. The smallest absolute Gasteiger partial charge is 0.246 e. The molecule has 4 rings (SSSR count). The first-order valence-corrected chi connectivity index (χ1v) is 4.92. The van der Waals surface area contributed by atoms with E-state index in [1.807, 2.05) is 24.3 Å². The van der Waals surface area contributed by atoms with Gasteiger partial charge in [0.05, 0.1) is 11.0 Å². The number of aromatic nitrogens is 7. The summed E-state index contributed by atoms with van der Waals surface area (Å²) < 4.78 is 3.02. The van der Waals surface area contributed by atoms with Gasteiger partial charge in [0.1, 0.15) is 0 Å². The highest BCUT2D eigenvalue weighted by atomic mass is 16.1. The Morgan fingerprint density at radius 3 is 2.82 bits per heavy atom. The molecule has 4 aromatic rings. The van der Waals surface area contributed by atoms with Gasteiger partial charge in [-0.15, -0.1) is 10.2 Å². The summed E-state index contributed by atoms with van der Waals surface area (Å²) in [6.07, 6.45) is 0. The van der Waals surface area contributed by atoms with Gasteiger partial charge < -0.3 is 0 Å². The topological polar surface area (TPSA) is 93.2 Å². The number of hydrogen-bond donors (Lipinski definition) is 1. The Morgan fingerprint density at radius 2 is 1.94 bits per heavy atom. The van der Waals surface area contributed by atoms with Crippen molar-refractivity contribution in [2.75, 3.05) is 0 Å². The Hall–Kier alpha value is -2.77. The summed E-state index contributed by atoms with van der Waals surface area (Å²) in [5, 5.41) is 17.7. The molecule has 8 nitrogen and oxygen atoms in total. The quantitative estimate of drug-likeness (QED) is 0.441. The minimum Gasteiger partial charge on any atom is -0.246 e. The van der Waals surface area contributed by atoms with Gasteiger partial charge in [0.15, 0.2) is 0 Å². The van der Waals surface area contributed by atoms with Crippen molar-refractivity contribution in [3.63, 3.8) is 0 Å². The van der Waals surface area contributed by atoms with Crippen molar-refractivity contribution in [2.24, 2.45) is 0 Å². The summed E-state index contributed by atoms with van der Waals surface area (Å²) in [5.41, 5.74) is 2.02. The maximum absolute atomic E-state index is 11.7. The molecule has 0 aliphatic carbocycles. The van der Waals surface area contributed by atoms with E-state index in [0.29, 0.717) is 16.8 Å². The van der Waals surface area contributed by atoms with Gasteiger partial charge in [0.25, 0.3) is 0 Å². The van der Waals surface area contributed by atoms with E-state index in [9.17, 15) is 4.79 Å². The maximum Gasteiger partial charge on any atom is 0.348 e. The molecule has 0 aliphatic rings. The number of fused-ring (bicyclic) bond motifs is 6. The van der Waals surface area contributed by atoms with Crippen molar-refractivity contribution in [2.45, 2.75) is 0 Å². The van der Waals surface area contributed by atoms with E-state index in [0.717, 1.165) is 5.52 Å². The van der Waals surface area contributed by atoms with E-state index in [-0.39, 0.29) is 5.69 Å². The molecule has 0 fully saturated rings. The molecule has 8 heteroatoms. The second kappa shape index (κ2) is 2.67. The van der Waals surface area contributed by atoms with Crippen LogP contribution in [0.4, 0.5) is 0 Å². The lowest BCUT2D eigenvalue weighted by molar-refractivity contribution is 0.840. The second-order valence-corrected chi connectivity index (χ2v) is 3.59. The highest BCUT2D eigenvalue weighted by Gasteiger charge is 2.13. The molecule has 0 saturated heterocycles. The Morgan fingerprint density at radius 1 is 1.12 bits per heavy atom. The van der Waals surface area contributed by atoms with Crippen molar-refractivity contribution in [1.29, 1.82) is 0 Å². The van der Waals surface area contributed by atoms with Crippen LogP contribution in [0, 0.1) is 0 Å². The van der Waals surface area contributed by atoms with E-state index >= 15 is 0 Å². The number of para-hydroxylation sites is 2. The first kappa shape index (κ1) is 8.39. The first-order valence-electron chi connectivity index (χ1n) is 4.92. The average molecular weight is 227 g/mol. The fourth-order valence-electron chi connectivity index (χ4n) is 1.99. The number of nitrogens with one attached hydrogen (secondary N) is 1. The molecule has 1 aromatic carbocycles. The number of H-pyrrole nitrogens is 1. The molecule has 0 aliphatic heterocycles. The zero-order valence-corrected chi connectivity index (χ0v) is 8.40. The van der Waals surface area contributed by atoms with Crippen molar-refractivity contribution in [1.82, 2.24) is 34.6 Å². The summed E-state index contributed by atoms with van der Waals surface area (Å²) in [4.78, 5) is 11.7. The standard InChI is InChI=1S/C9H5N7O/c17-9-12-10-7-8-11-13-14-16(8)6-4-2-1-3-5(6)15(7)9/h1-4H,(H,12,17). The van der Waals surface area contributed by atoms with Gasteiger partial charge in [-0.25, -0.2) is 14.3 Å². The number of nitrogens with zero attached hydrogens (tertiary/aromatic N) is 6. The molecule has 0 atom stereocenters. The predicted molar refractivity (Wildman–Crippen MR) is 57.7 cm³/mol. The Labute approximate surface area is 92.5 Å². The van der Waals surface area contributed by atoms with Crippen LogP contribution < -0.4 is 5.69 Å². The van der Waals surface area contributed by atoms with Gasteiger partial charge in [-0.1, -0.05) is 12.1 Å². The molecule has 0 saturated carbocycles. The van der Waals surface area contributed by atoms with Crippen LogP contribution in [0.1, 0.15) is 0 Å². The van der Waals surface area contributed by atoms with Gasteiger partial charge in [0.2, 0.25) is 11.3 Å². The van der Waals surface area contributed by atoms with Crippen molar-refractivity contribution >= 4 is 22.3 Å². The third kappa shape index (κ3) is 0.893. The zero-order chi connectivity index (χ0) is 11.4. The van der Waals surface area contributed by atoms with Gasteiger partial charge in [-0.2, -0.15) is 4.52 Å². The normalized spacial score (nSPS) is 11.8. The van der Waals surface area contributed by atoms with E-state index in [2.05, 4.69) is 25.7 Å². The van der Waals surface area contributed by atoms with Gasteiger partial charge in [-0.3, -0.25) is 0 Å². The molecule has 3 heterocycles. The third-order valence-corrected chi connectivity index (χ3v) is 2.69. The van der Waals surface area contributed by atoms with Gasteiger partial charge in [0, 0.05) is 0 Å². The lowest BCUT2D eigenvalue weighted by atomic mass is 10.3. The fraction of sp³-hybridized carbons (Fsp3) is 0. The highest BCUT2D eigenvalue weighted by molar-refractivity contribution is 5.84. The Balaban J connectivity index is 2.55. The van der Waals surface area contributed by atoms with E-state index in [1.54, 1.807) is 4.52 Å². The van der Waals surface area contributed by atoms with Crippen molar-refractivity contribution < 1.29 is 0 Å². The SMILES string of the molecule is O=c1[nH]nc2c3nnnn3c3ccccc3n12. The number of aromatic amines is 1. The summed E-state index contributed by atoms with van der Waals surface area (Å²) in [6, 6.07) is 7.37. The van der Waals surface area contributed by atoms with Crippen LogP contribution in [0.15, 0.2) is 29.1 Å². The number of rotatable bonds is 0. The average Bonchev–Trinajstić information content (AvgIpc) is 2.96. The van der Waals surface area contributed by atoms with E-state index < -0.39 is 0 Å². The molecule has 0 spiro atoms. The monoisotopic (exact) mass is 227 g/mol. The zero-order valence-electron chi connectivity index (χ0n) is 8.40. The summed E-state index contributed by atoms with van der Waals surface area (Å²) >= 11 is 0. The number of hydrogen-bond acceptors (Lipinski definition) is 5. The van der Waals surface area contributed by atoms with Crippen LogP contribution in [-0.2, 0) is 0 Å². The summed E-state index contributed by atoms with van der Waals surface area (Å²) in [7, 11) is 0. The predicted octanol–water partition coefficient (Wildman–Crippen LogP) is -0.387. The molecule has 0 bridgehead atoms. The highest BCUT2D eigenvalue weighted by Crippen LogP contribution is 2.16. The third-order valence-electron chi connectivity index (χ3n) is 2.69. The molecular formula is C9H5N7O. The lowest BCUT2D eigenvalue weighted by Gasteiger charge is -2.01. The van der Waals surface area contributed by atoms with Gasteiger partial charge in [-0.05, 0) is 22.6 Å².